The number of amides is 1. The summed E-state index contributed by atoms with van der Waals surface area (Å²) in [6.45, 7) is 4.18. The Labute approximate surface area is 236 Å². The van der Waals surface area contributed by atoms with Crippen molar-refractivity contribution in [2.75, 3.05) is 0 Å². The molecule has 3 heterocycles. The number of carbonyl (C=O) groups is 1. The summed E-state index contributed by atoms with van der Waals surface area (Å²) in [6.07, 6.45) is -10.5. The number of ether oxygens (including phenoxy) is 2. The third-order valence-electron chi connectivity index (χ3n) is 9.65. The van der Waals surface area contributed by atoms with E-state index in [1.165, 1.54) is 11.1 Å². The maximum Gasteiger partial charge on any atom is 0.433 e. The van der Waals surface area contributed by atoms with Gasteiger partial charge in [-0.05, 0) is 48.3 Å². The zero-order valence-corrected chi connectivity index (χ0v) is 22.5. The number of pyridine rings is 1. The first kappa shape index (κ1) is 27.2. The second-order valence-electron chi connectivity index (χ2n) is 11.9. The van der Waals surface area contributed by atoms with Crippen molar-refractivity contribution in [1.29, 1.82) is 0 Å². The van der Waals surface area contributed by atoms with Crippen molar-refractivity contribution in [2.24, 2.45) is 16.4 Å². The lowest BCUT2D eigenvalue weighted by Gasteiger charge is -2.39. The quantitative estimate of drug-likeness (QED) is 0.179. The summed E-state index contributed by atoms with van der Waals surface area (Å²) in [7, 11) is 0. The van der Waals surface area contributed by atoms with Gasteiger partial charge in [0, 0.05) is 10.9 Å². The average Bonchev–Trinajstić information content (AvgIpc) is 3.55. The molecular weight excluding hydrogens is 564 g/mol. The highest BCUT2D eigenvalue weighted by Crippen LogP contribution is 2.66. The number of hydrogen-bond donors (Lipinski definition) is 0. The Kier molecular flexibility index (Phi) is 5.62. The predicted octanol–water partition coefficient (Wildman–Crippen LogP) is 7.52. The number of fused-ring (bicyclic) bond motifs is 2. The highest BCUT2D eigenvalue weighted by atomic mass is 19.4. The van der Waals surface area contributed by atoms with E-state index in [2.05, 4.69) is 18.8 Å². The number of rotatable bonds is 4. The van der Waals surface area contributed by atoms with Crippen molar-refractivity contribution in [3.05, 3.63) is 77.0 Å². The topological polar surface area (TPSA) is 67.3 Å². The standard InChI is InChI=1S/C30H25F6N3O3/c1-27(2)16-11-12-28(27)21(13-16)41-26(40)39(28)38-22(15-7-4-3-5-8-15)25-24(42-25)18-14-20(30(34,35)36)37-23-17(18)9-6-10-19(23)29(31,32)33/h3-10,14,16,21,24-25H,11-13H2,1-2H3/b38-22-/t16-,21-,24-,25-,28+/m1/s1. The predicted molar refractivity (Wildman–Crippen MR) is 138 cm³/mol. The van der Waals surface area contributed by atoms with Crippen LogP contribution in [0.3, 0.4) is 0 Å². The van der Waals surface area contributed by atoms with E-state index in [1.807, 2.05) is 0 Å². The molecule has 4 aliphatic rings. The molecule has 2 saturated heterocycles. The number of benzene rings is 2. The van der Waals surface area contributed by atoms with E-state index in [4.69, 9.17) is 14.6 Å². The van der Waals surface area contributed by atoms with Crippen LogP contribution in [-0.2, 0) is 21.8 Å². The average molecular weight is 590 g/mol. The molecule has 6 nitrogen and oxygen atoms in total. The van der Waals surface area contributed by atoms with Gasteiger partial charge in [-0.1, -0.05) is 56.3 Å². The number of hydrogen-bond acceptors (Lipinski definition) is 5. The lowest BCUT2D eigenvalue weighted by atomic mass is 9.75. The molecule has 12 heteroatoms. The SMILES string of the molecule is CC1(C)[C@@H]2CC[C@]13[C@@H](C2)OC(=O)N3/N=C(/c1ccccc1)[C@H]1O[C@@H]1c1cc(C(F)(F)F)nc2c(C(F)(F)F)cccc12. The van der Waals surface area contributed by atoms with Crippen LogP contribution in [0, 0.1) is 11.3 Å². The highest BCUT2D eigenvalue weighted by Gasteiger charge is 2.73. The summed E-state index contributed by atoms with van der Waals surface area (Å²) in [4.78, 5) is 16.6. The molecule has 0 unspecified atom stereocenters. The zero-order chi connectivity index (χ0) is 29.8. The molecule has 1 amide bonds. The minimum Gasteiger partial charge on any atom is -0.442 e. The van der Waals surface area contributed by atoms with Crippen LogP contribution in [0.1, 0.15) is 61.6 Å². The molecule has 0 N–H and O–H groups in total. The van der Waals surface area contributed by atoms with Gasteiger partial charge in [-0.3, -0.25) is 0 Å². The maximum atomic E-state index is 13.9. The van der Waals surface area contributed by atoms with Crippen molar-refractivity contribution < 1.29 is 40.6 Å². The highest BCUT2D eigenvalue weighted by molar-refractivity contribution is 6.06. The summed E-state index contributed by atoms with van der Waals surface area (Å²) >= 11 is 0. The van der Waals surface area contributed by atoms with Gasteiger partial charge in [0.1, 0.15) is 35.3 Å². The van der Waals surface area contributed by atoms with E-state index < -0.39 is 53.0 Å². The van der Waals surface area contributed by atoms with Crippen LogP contribution in [0.5, 0.6) is 0 Å². The second kappa shape index (κ2) is 8.68. The fourth-order valence-corrected chi connectivity index (χ4v) is 7.43. The zero-order valence-electron chi connectivity index (χ0n) is 22.5. The number of para-hydroxylation sites is 1. The fourth-order valence-electron chi connectivity index (χ4n) is 7.43. The smallest absolute Gasteiger partial charge is 0.433 e. The number of nitrogens with zero attached hydrogens (tertiary/aromatic N) is 3. The molecule has 220 valence electrons. The largest absolute Gasteiger partial charge is 0.442 e. The van der Waals surface area contributed by atoms with Crippen LogP contribution in [0.4, 0.5) is 31.1 Å². The van der Waals surface area contributed by atoms with E-state index in [0.717, 1.165) is 25.0 Å². The minimum atomic E-state index is -5.00. The van der Waals surface area contributed by atoms with Gasteiger partial charge in [-0.25, -0.2) is 9.78 Å². The molecule has 5 atom stereocenters. The summed E-state index contributed by atoms with van der Waals surface area (Å²) in [5.41, 5.74) is -3.76. The molecule has 0 radical (unpaired) electrons. The Balaban J connectivity index is 1.36. The number of epoxide rings is 1. The third kappa shape index (κ3) is 3.79. The Morgan fingerprint density at radius 1 is 1.02 bits per heavy atom. The molecule has 1 spiro atoms. The van der Waals surface area contributed by atoms with Gasteiger partial charge in [0.15, 0.2) is 0 Å². The number of hydrazone groups is 1. The van der Waals surface area contributed by atoms with E-state index in [-0.39, 0.29) is 28.2 Å². The van der Waals surface area contributed by atoms with Crippen LogP contribution in [0.15, 0.2) is 59.7 Å². The van der Waals surface area contributed by atoms with Gasteiger partial charge < -0.3 is 9.47 Å². The Morgan fingerprint density at radius 3 is 2.43 bits per heavy atom. The van der Waals surface area contributed by atoms with Crippen molar-refractivity contribution >= 4 is 22.7 Å². The van der Waals surface area contributed by atoms with Crippen LogP contribution in [0.25, 0.3) is 10.9 Å². The molecule has 2 aromatic carbocycles. The lowest BCUT2D eigenvalue weighted by molar-refractivity contribution is -0.142. The molecule has 42 heavy (non-hydrogen) atoms. The van der Waals surface area contributed by atoms with Crippen molar-refractivity contribution in [2.45, 2.75) is 69.3 Å². The molecule has 4 fully saturated rings. The van der Waals surface area contributed by atoms with Gasteiger partial charge in [-0.15, -0.1) is 0 Å². The van der Waals surface area contributed by atoms with Gasteiger partial charge in [0.2, 0.25) is 0 Å². The molecular formula is C30H25F6N3O3. The summed E-state index contributed by atoms with van der Waals surface area (Å²) in [5.74, 6) is 0.338. The van der Waals surface area contributed by atoms with E-state index >= 15 is 0 Å². The normalized spacial score (nSPS) is 30.1. The van der Waals surface area contributed by atoms with E-state index in [9.17, 15) is 31.1 Å². The minimum absolute atomic E-state index is 0.0887. The number of aromatic nitrogens is 1. The Morgan fingerprint density at radius 2 is 1.76 bits per heavy atom. The molecule has 2 aliphatic carbocycles. The first-order valence-electron chi connectivity index (χ1n) is 13.6. The van der Waals surface area contributed by atoms with Crippen LogP contribution in [0.2, 0.25) is 0 Å². The van der Waals surface area contributed by atoms with Crippen molar-refractivity contribution in [1.82, 2.24) is 9.99 Å². The molecule has 3 aromatic rings. The maximum absolute atomic E-state index is 13.9. The second-order valence-corrected chi connectivity index (χ2v) is 11.9. The van der Waals surface area contributed by atoms with Crippen LogP contribution >= 0.6 is 0 Å². The Bertz CT molecular complexity index is 1640. The van der Waals surface area contributed by atoms with Gasteiger partial charge >= 0.3 is 18.4 Å². The molecule has 7 rings (SSSR count). The lowest BCUT2D eigenvalue weighted by Crippen LogP contribution is -2.53. The molecule has 2 bridgehead atoms. The number of alkyl halides is 6. The Hall–Kier alpha value is -3.67. The van der Waals surface area contributed by atoms with Gasteiger partial charge in [0.25, 0.3) is 0 Å². The number of halogens is 6. The van der Waals surface area contributed by atoms with Gasteiger partial charge in [0.05, 0.1) is 11.1 Å². The van der Waals surface area contributed by atoms with Crippen LogP contribution in [-0.4, -0.2) is 39.5 Å². The van der Waals surface area contributed by atoms with Crippen LogP contribution < -0.4 is 0 Å². The monoisotopic (exact) mass is 589 g/mol. The van der Waals surface area contributed by atoms with Crippen molar-refractivity contribution in [3.8, 4) is 0 Å². The molecule has 2 saturated carbocycles. The van der Waals surface area contributed by atoms with E-state index in [1.54, 1.807) is 30.3 Å². The van der Waals surface area contributed by atoms with Crippen molar-refractivity contribution in [3.63, 3.8) is 0 Å². The first-order chi connectivity index (χ1) is 19.7. The third-order valence-corrected chi connectivity index (χ3v) is 9.65. The first-order valence-corrected chi connectivity index (χ1v) is 13.6. The van der Waals surface area contributed by atoms with E-state index in [0.29, 0.717) is 24.0 Å². The fraction of sp³-hybridized carbons (Fsp3) is 0.433. The van der Waals surface area contributed by atoms with Gasteiger partial charge in [-0.2, -0.15) is 36.5 Å². The molecule has 2 aliphatic heterocycles. The molecule has 1 aromatic heterocycles. The summed E-state index contributed by atoms with van der Waals surface area (Å²) in [5, 5.41) is 6.10. The summed E-state index contributed by atoms with van der Waals surface area (Å²) in [6, 6.07) is 12.6. The summed E-state index contributed by atoms with van der Waals surface area (Å²) < 4.78 is 94.7. The number of carbonyl (C=O) groups excluding carboxylic acids is 1.